The first-order valence-corrected chi connectivity index (χ1v) is 9.22. The summed E-state index contributed by atoms with van der Waals surface area (Å²) < 4.78 is 2.11. The lowest BCUT2D eigenvalue weighted by atomic mass is 9.99. The van der Waals surface area contributed by atoms with Crippen molar-refractivity contribution in [1.82, 2.24) is 14.8 Å². The van der Waals surface area contributed by atoms with Crippen molar-refractivity contribution >= 4 is 17.0 Å². The number of aliphatic imine (C=N–C) groups is 1. The highest BCUT2D eigenvalue weighted by Gasteiger charge is 2.28. The van der Waals surface area contributed by atoms with Crippen LogP contribution in [0.1, 0.15) is 46.2 Å². The molecule has 2 aromatic heterocycles. The minimum absolute atomic E-state index is 0.0725. The molecule has 1 aliphatic rings. The van der Waals surface area contributed by atoms with Crippen LogP contribution in [0.4, 0.5) is 0 Å². The Hall–Kier alpha value is -2.31. The van der Waals surface area contributed by atoms with Crippen LogP contribution in [-0.2, 0) is 6.42 Å². The maximum Gasteiger partial charge on any atom is 0.162 e. The van der Waals surface area contributed by atoms with Crippen molar-refractivity contribution in [3.8, 4) is 5.00 Å². The number of benzene rings is 1. The Balaban J connectivity index is 2.00. The van der Waals surface area contributed by atoms with Gasteiger partial charge in [0.05, 0.1) is 5.71 Å². The first-order chi connectivity index (χ1) is 12.1. The van der Waals surface area contributed by atoms with E-state index in [1.54, 1.807) is 11.3 Å². The topological polar surface area (TPSA) is 63.3 Å². The van der Waals surface area contributed by atoms with Crippen LogP contribution in [0.5, 0.6) is 0 Å². The maximum atomic E-state index is 9.36. The van der Waals surface area contributed by atoms with Gasteiger partial charge in [0.2, 0.25) is 0 Å². The van der Waals surface area contributed by atoms with Gasteiger partial charge in [-0.1, -0.05) is 24.3 Å². The van der Waals surface area contributed by atoms with Crippen molar-refractivity contribution in [1.29, 1.82) is 0 Å². The summed E-state index contributed by atoms with van der Waals surface area (Å²) in [4.78, 5) is 6.16. The van der Waals surface area contributed by atoms with E-state index in [0.29, 0.717) is 6.42 Å². The molecule has 4 rings (SSSR count). The highest BCUT2D eigenvalue weighted by Crippen LogP contribution is 2.36. The molecule has 0 fully saturated rings. The predicted molar refractivity (Wildman–Crippen MR) is 100.0 cm³/mol. The Labute approximate surface area is 150 Å². The second-order valence-corrected chi connectivity index (χ2v) is 7.43. The predicted octanol–water partition coefficient (Wildman–Crippen LogP) is 3.39. The molecular weight excluding hydrogens is 332 g/mol. The number of aromatic nitrogens is 3. The molecule has 25 heavy (non-hydrogen) atoms. The molecule has 1 atom stereocenters. The lowest BCUT2D eigenvalue weighted by Gasteiger charge is -2.10. The quantitative estimate of drug-likeness (QED) is 0.786. The summed E-state index contributed by atoms with van der Waals surface area (Å²) in [5, 5.41) is 19.1. The van der Waals surface area contributed by atoms with Gasteiger partial charge in [0.25, 0.3) is 0 Å². The van der Waals surface area contributed by atoms with Gasteiger partial charge in [0.15, 0.2) is 5.82 Å². The van der Waals surface area contributed by atoms with Gasteiger partial charge in [0.1, 0.15) is 16.9 Å². The van der Waals surface area contributed by atoms with Crippen LogP contribution in [0.2, 0.25) is 0 Å². The van der Waals surface area contributed by atoms with E-state index >= 15 is 0 Å². The number of aliphatic hydroxyl groups is 1. The summed E-state index contributed by atoms with van der Waals surface area (Å²) in [5.74, 6) is 1.72. The Morgan fingerprint density at radius 3 is 2.72 bits per heavy atom. The number of aryl methyl sites for hydroxylation is 2. The molecule has 0 bridgehead atoms. The standard InChI is InChI=1S/C19H20N4OS/c1-11-6-4-5-7-15(11)17-16-10-14(8-9-24)25-19(16)23-13(3)21-22-18(23)12(2)20-17/h4-7,10,12,24H,8-9H2,1-3H3. The summed E-state index contributed by atoms with van der Waals surface area (Å²) in [6.45, 7) is 6.28. The van der Waals surface area contributed by atoms with Gasteiger partial charge in [-0.05, 0) is 32.4 Å². The number of hydrogen-bond acceptors (Lipinski definition) is 5. The number of fused-ring (bicyclic) bond motifs is 3. The highest BCUT2D eigenvalue weighted by atomic mass is 32.1. The van der Waals surface area contributed by atoms with E-state index in [1.165, 1.54) is 5.56 Å². The first kappa shape index (κ1) is 16.2. The smallest absolute Gasteiger partial charge is 0.162 e. The third kappa shape index (κ3) is 2.62. The summed E-state index contributed by atoms with van der Waals surface area (Å²) in [5.41, 5.74) is 4.42. The molecule has 1 aliphatic heterocycles. The molecule has 0 saturated heterocycles. The summed E-state index contributed by atoms with van der Waals surface area (Å²) >= 11 is 1.68. The summed E-state index contributed by atoms with van der Waals surface area (Å²) in [6, 6.07) is 10.4. The van der Waals surface area contributed by atoms with E-state index in [2.05, 4.69) is 46.8 Å². The average molecular weight is 352 g/mol. The SMILES string of the molecule is Cc1ccccc1C1=NC(C)c2nnc(C)n2-c2sc(CCO)cc21. The summed E-state index contributed by atoms with van der Waals surface area (Å²) in [6.07, 6.45) is 0.644. The molecule has 0 spiro atoms. The van der Waals surface area contributed by atoms with Crippen molar-refractivity contribution in [2.24, 2.45) is 4.99 Å². The molecular formula is C19H20N4OS. The summed E-state index contributed by atoms with van der Waals surface area (Å²) in [7, 11) is 0. The fraction of sp³-hybridized carbons (Fsp3) is 0.316. The van der Waals surface area contributed by atoms with Crippen molar-refractivity contribution in [3.05, 3.63) is 63.5 Å². The molecule has 128 valence electrons. The Kier molecular flexibility index (Phi) is 4.01. The van der Waals surface area contributed by atoms with Gasteiger partial charge in [-0.2, -0.15) is 0 Å². The fourth-order valence-corrected chi connectivity index (χ4v) is 4.48. The third-order valence-electron chi connectivity index (χ3n) is 4.53. The van der Waals surface area contributed by atoms with Crippen molar-refractivity contribution in [2.75, 3.05) is 6.61 Å². The van der Waals surface area contributed by atoms with Crippen LogP contribution < -0.4 is 0 Å². The van der Waals surface area contributed by atoms with E-state index in [1.807, 2.05) is 19.1 Å². The minimum atomic E-state index is -0.0725. The Morgan fingerprint density at radius 2 is 1.96 bits per heavy atom. The van der Waals surface area contributed by atoms with Crippen LogP contribution >= 0.6 is 11.3 Å². The van der Waals surface area contributed by atoms with Crippen LogP contribution in [-0.4, -0.2) is 32.2 Å². The molecule has 1 aromatic carbocycles. The van der Waals surface area contributed by atoms with Crippen LogP contribution in [0.15, 0.2) is 35.3 Å². The zero-order chi connectivity index (χ0) is 17.6. The Bertz CT molecular complexity index is 970. The van der Waals surface area contributed by atoms with Crippen LogP contribution in [0, 0.1) is 13.8 Å². The molecule has 6 heteroatoms. The van der Waals surface area contributed by atoms with Crippen LogP contribution in [0.3, 0.4) is 0 Å². The van der Waals surface area contributed by atoms with Crippen molar-refractivity contribution in [2.45, 2.75) is 33.2 Å². The molecule has 0 amide bonds. The van der Waals surface area contributed by atoms with E-state index in [4.69, 9.17) is 4.99 Å². The van der Waals surface area contributed by atoms with E-state index in [0.717, 1.165) is 38.4 Å². The monoisotopic (exact) mass is 352 g/mol. The number of thiophene rings is 1. The molecule has 3 heterocycles. The van der Waals surface area contributed by atoms with E-state index in [-0.39, 0.29) is 12.6 Å². The normalized spacial score (nSPS) is 16.2. The third-order valence-corrected chi connectivity index (χ3v) is 5.71. The molecule has 5 nitrogen and oxygen atoms in total. The minimum Gasteiger partial charge on any atom is -0.396 e. The van der Waals surface area contributed by atoms with Gasteiger partial charge >= 0.3 is 0 Å². The lowest BCUT2D eigenvalue weighted by Crippen LogP contribution is -2.07. The lowest BCUT2D eigenvalue weighted by molar-refractivity contribution is 0.300. The van der Waals surface area contributed by atoms with Gasteiger partial charge in [-0.25, -0.2) is 0 Å². The largest absolute Gasteiger partial charge is 0.396 e. The Morgan fingerprint density at radius 1 is 1.16 bits per heavy atom. The maximum absolute atomic E-state index is 9.36. The van der Waals surface area contributed by atoms with Crippen molar-refractivity contribution < 1.29 is 5.11 Å². The van der Waals surface area contributed by atoms with E-state index in [9.17, 15) is 5.11 Å². The first-order valence-electron chi connectivity index (χ1n) is 8.40. The second-order valence-electron chi connectivity index (χ2n) is 6.31. The number of aliphatic hydroxyl groups excluding tert-OH is 1. The van der Waals surface area contributed by atoms with Gasteiger partial charge in [-0.3, -0.25) is 9.56 Å². The number of nitrogens with zero attached hydrogens (tertiary/aromatic N) is 4. The van der Waals surface area contributed by atoms with Gasteiger partial charge in [-0.15, -0.1) is 21.5 Å². The average Bonchev–Trinajstić information content (AvgIpc) is 3.14. The molecule has 0 aliphatic carbocycles. The van der Waals surface area contributed by atoms with E-state index < -0.39 is 0 Å². The molecule has 0 radical (unpaired) electrons. The van der Waals surface area contributed by atoms with Crippen LogP contribution in [0.25, 0.3) is 5.00 Å². The fourth-order valence-electron chi connectivity index (χ4n) is 3.27. The number of hydrogen-bond donors (Lipinski definition) is 1. The second kappa shape index (κ2) is 6.20. The molecule has 1 N–H and O–H groups in total. The highest BCUT2D eigenvalue weighted by molar-refractivity contribution is 7.15. The van der Waals surface area contributed by atoms with Gasteiger partial charge < -0.3 is 5.11 Å². The van der Waals surface area contributed by atoms with Crippen molar-refractivity contribution in [3.63, 3.8) is 0 Å². The molecule has 3 aromatic rings. The molecule has 1 unspecified atom stereocenters. The zero-order valence-corrected chi connectivity index (χ0v) is 15.3. The zero-order valence-electron chi connectivity index (χ0n) is 14.5. The molecule has 0 saturated carbocycles. The van der Waals surface area contributed by atoms with Gasteiger partial charge in [0, 0.05) is 29.0 Å². The number of rotatable bonds is 3.